The number of anilines is 3. The molecule has 33 heavy (non-hydrogen) atoms. The summed E-state index contributed by atoms with van der Waals surface area (Å²) in [5.74, 6) is 0.142. The van der Waals surface area contributed by atoms with Crippen molar-refractivity contribution >= 4 is 23.3 Å². The fourth-order valence-electron chi connectivity index (χ4n) is 4.61. The topological polar surface area (TPSA) is 89.6 Å². The number of carbonyl (C=O) groups is 1. The predicted molar refractivity (Wildman–Crippen MR) is 126 cm³/mol. The number of quaternary nitrogens is 1. The molecule has 5 rings (SSSR count). The summed E-state index contributed by atoms with van der Waals surface area (Å²) in [7, 11) is 4.08. The minimum Gasteiger partial charge on any atom is -0.461 e. The van der Waals surface area contributed by atoms with Crippen molar-refractivity contribution in [3.63, 3.8) is 0 Å². The molecule has 0 atom stereocenters. The average molecular weight is 449 g/mol. The van der Waals surface area contributed by atoms with E-state index in [1.165, 1.54) is 5.69 Å². The summed E-state index contributed by atoms with van der Waals surface area (Å²) in [6.45, 7) is 6.60. The van der Waals surface area contributed by atoms with Crippen LogP contribution in [0.25, 0.3) is 11.4 Å². The number of nitrogens with zero attached hydrogens (tertiary/aromatic N) is 5. The van der Waals surface area contributed by atoms with Crippen molar-refractivity contribution in [2.45, 2.75) is 19.8 Å². The molecule has 3 heterocycles. The number of aryl methyl sites for hydroxylation is 2. The van der Waals surface area contributed by atoms with Gasteiger partial charge in [-0.2, -0.15) is 5.10 Å². The third kappa shape index (κ3) is 4.16. The van der Waals surface area contributed by atoms with Crippen LogP contribution in [0.2, 0.25) is 0 Å². The van der Waals surface area contributed by atoms with Crippen LogP contribution in [0.4, 0.5) is 17.3 Å². The number of aromatic nitrogens is 4. The van der Waals surface area contributed by atoms with Gasteiger partial charge in [-0.1, -0.05) is 0 Å². The highest BCUT2D eigenvalue weighted by molar-refractivity contribution is 5.91. The van der Waals surface area contributed by atoms with Gasteiger partial charge >= 0.3 is 5.97 Å². The number of benzene rings is 1. The van der Waals surface area contributed by atoms with Gasteiger partial charge in [0, 0.05) is 30.2 Å². The van der Waals surface area contributed by atoms with Crippen LogP contribution in [-0.4, -0.2) is 65.6 Å². The molecule has 1 aromatic carbocycles. The van der Waals surface area contributed by atoms with Crippen LogP contribution >= 0.6 is 0 Å². The lowest BCUT2D eigenvalue weighted by molar-refractivity contribution is -0.880. The third-order valence-corrected chi connectivity index (χ3v) is 6.45. The molecular weight excluding hydrogens is 418 g/mol. The van der Waals surface area contributed by atoms with E-state index in [1.54, 1.807) is 16.5 Å². The Kier molecular flexibility index (Phi) is 5.72. The Bertz CT molecular complexity index is 1160. The Morgan fingerprint density at radius 3 is 2.67 bits per heavy atom. The number of ether oxygens (including phenoxy) is 1. The first-order valence-electron chi connectivity index (χ1n) is 11.6. The Balaban J connectivity index is 1.37. The summed E-state index contributed by atoms with van der Waals surface area (Å²) < 4.78 is 6.92. The van der Waals surface area contributed by atoms with Gasteiger partial charge in [-0.15, -0.1) is 0 Å². The van der Waals surface area contributed by atoms with Crippen molar-refractivity contribution in [2.75, 3.05) is 50.1 Å². The number of esters is 1. The summed E-state index contributed by atoms with van der Waals surface area (Å²) >= 11 is 0. The number of hydrogen-bond acceptors (Lipinski definition) is 7. The van der Waals surface area contributed by atoms with E-state index >= 15 is 0 Å². The Hall–Kier alpha value is -3.46. The molecule has 1 fully saturated rings. The number of hydrogen-bond donors (Lipinski definition) is 2. The van der Waals surface area contributed by atoms with Gasteiger partial charge in [-0.3, -0.25) is 4.68 Å². The molecule has 2 aromatic heterocycles. The van der Waals surface area contributed by atoms with Gasteiger partial charge in [0.1, 0.15) is 0 Å². The van der Waals surface area contributed by atoms with Crippen LogP contribution in [0.1, 0.15) is 28.5 Å². The Labute approximate surface area is 193 Å². The van der Waals surface area contributed by atoms with Gasteiger partial charge in [0.25, 0.3) is 0 Å². The highest BCUT2D eigenvalue weighted by atomic mass is 16.5. The summed E-state index contributed by atoms with van der Waals surface area (Å²) in [5.41, 5.74) is 6.19. The molecule has 0 radical (unpaired) electrons. The van der Waals surface area contributed by atoms with Gasteiger partial charge in [0.15, 0.2) is 5.69 Å². The molecular formula is C24H30N7O2+. The first kappa shape index (κ1) is 21.4. The monoisotopic (exact) mass is 448 g/mol. The van der Waals surface area contributed by atoms with Gasteiger partial charge in [-0.25, -0.2) is 14.8 Å². The molecule has 0 unspecified atom stereocenters. The third-order valence-electron chi connectivity index (χ3n) is 6.45. The number of fused-ring (bicyclic) bond motifs is 3. The lowest BCUT2D eigenvalue weighted by Crippen LogP contribution is -3.12. The number of carbonyl (C=O) groups excluding carboxylic acids is 1. The number of likely N-dealkylation sites (N-methyl/N-ethyl adjacent to an activating group) is 1. The van der Waals surface area contributed by atoms with Crippen molar-refractivity contribution in [1.82, 2.24) is 19.7 Å². The Morgan fingerprint density at radius 1 is 1.18 bits per heavy atom. The van der Waals surface area contributed by atoms with E-state index in [0.717, 1.165) is 67.2 Å². The second-order valence-electron chi connectivity index (χ2n) is 8.70. The highest BCUT2D eigenvalue weighted by Gasteiger charge is 2.29. The molecule has 2 N–H and O–H groups in total. The molecule has 9 nitrogen and oxygen atoms in total. The van der Waals surface area contributed by atoms with E-state index in [9.17, 15) is 4.79 Å². The van der Waals surface area contributed by atoms with E-state index in [-0.39, 0.29) is 5.97 Å². The molecule has 3 aromatic rings. The van der Waals surface area contributed by atoms with Crippen molar-refractivity contribution < 1.29 is 14.4 Å². The average Bonchev–Trinajstić information content (AvgIpc) is 3.17. The van der Waals surface area contributed by atoms with Crippen LogP contribution in [0.3, 0.4) is 0 Å². The lowest BCUT2D eigenvalue weighted by Gasteiger charge is -2.31. The summed E-state index contributed by atoms with van der Waals surface area (Å²) in [4.78, 5) is 25.7. The second kappa shape index (κ2) is 8.82. The maximum Gasteiger partial charge on any atom is 0.359 e. The molecule has 1 saturated heterocycles. The first-order valence-corrected chi connectivity index (χ1v) is 11.6. The quantitative estimate of drug-likeness (QED) is 0.568. The number of rotatable bonds is 5. The normalized spacial score (nSPS) is 15.7. The lowest BCUT2D eigenvalue weighted by atomic mass is 9.93. The summed E-state index contributed by atoms with van der Waals surface area (Å²) in [5, 5.41) is 7.76. The largest absolute Gasteiger partial charge is 0.461 e. The van der Waals surface area contributed by atoms with Gasteiger partial charge < -0.3 is 19.9 Å². The van der Waals surface area contributed by atoms with E-state index in [0.29, 0.717) is 18.2 Å². The minimum absolute atomic E-state index is 0.325. The molecule has 0 saturated carbocycles. The second-order valence-corrected chi connectivity index (χ2v) is 8.70. The molecule has 172 valence electrons. The molecule has 1 aliphatic heterocycles. The predicted octanol–water partition coefficient (Wildman–Crippen LogP) is 1.23. The van der Waals surface area contributed by atoms with Crippen molar-refractivity contribution in [3.05, 3.63) is 47.3 Å². The molecule has 9 heteroatoms. The van der Waals surface area contributed by atoms with Crippen LogP contribution < -0.4 is 15.1 Å². The number of piperazine rings is 1. The van der Waals surface area contributed by atoms with Gasteiger partial charge in [0.05, 0.1) is 51.2 Å². The summed E-state index contributed by atoms with van der Waals surface area (Å²) in [6, 6.07) is 8.42. The molecule has 1 aliphatic carbocycles. The zero-order chi connectivity index (χ0) is 22.9. The van der Waals surface area contributed by atoms with Crippen molar-refractivity contribution in [2.24, 2.45) is 7.05 Å². The van der Waals surface area contributed by atoms with Crippen LogP contribution in [-0.2, 0) is 24.6 Å². The van der Waals surface area contributed by atoms with E-state index in [2.05, 4.69) is 51.6 Å². The van der Waals surface area contributed by atoms with Gasteiger partial charge in [0.2, 0.25) is 5.95 Å². The highest BCUT2D eigenvalue weighted by Crippen LogP contribution is 2.34. The van der Waals surface area contributed by atoms with E-state index in [1.807, 2.05) is 13.2 Å². The zero-order valence-electron chi connectivity index (χ0n) is 19.4. The molecule has 2 aliphatic rings. The minimum atomic E-state index is -0.382. The van der Waals surface area contributed by atoms with Crippen LogP contribution in [0, 0.1) is 0 Å². The molecule has 0 bridgehead atoms. The maximum atomic E-state index is 12.4. The van der Waals surface area contributed by atoms with E-state index in [4.69, 9.17) is 9.72 Å². The smallest absolute Gasteiger partial charge is 0.359 e. The van der Waals surface area contributed by atoms with Gasteiger partial charge in [-0.05, 0) is 49.6 Å². The maximum absolute atomic E-state index is 12.4. The zero-order valence-corrected chi connectivity index (χ0v) is 19.4. The fourth-order valence-corrected chi connectivity index (χ4v) is 4.61. The molecule has 0 amide bonds. The van der Waals surface area contributed by atoms with Crippen molar-refractivity contribution in [1.29, 1.82) is 0 Å². The SMILES string of the molecule is CCOC(=O)c1nn(C)c2c1CCc1cnc(Nc3ccc(N4CC[NH+](C)CC4)cc3)nc1-2. The van der Waals surface area contributed by atoms with Crippen LogP contribution in [0.5, 0.6) is 0 Å². The Morgan fingerprint density at radius 2 is 1.94 bits per heavy atom. The van der Waals surface area contributed by atoms with Crippen molar-refractivity contribution in [3.8, 4) is 11.4 Å². The summed E-state index contributed by atoms with van der Waals surface area (Å²) in [6.07, 6.45) is 3.35. The first-order chi connectivity index (χ1) is 16.0. The fraction of sp³-hybridized carbons (Fsp3) is 0.417. The standard InChI is InChI=1S/C24H29N7O2/c1-4-33-23(32)21-19-10-5-16-15-25-24(27-20(16)22(19)30(3)28-21)26-17-6-8-18(9-7-17)31-13-11-29(2)12-14-31/h6-9,15H,4-5,10-14H2,1-3H3,(H,25,26,27)/p+1. The number of nitrogens with one attached hydrogen (secondary N) is 2. The molecule has 0 spiro atoms. The van der Waals surface area contributed by atoms with Crippen LogP contribution in [0.15, 0.2) is 30.5 Å². The van der Waals surface area contributed by atoms with E-state index < -0.39 is 0 Å².